The number of rotatable bonds is 3. The number of halogens is 1. The Morgan fingerprint density at radius 3 is 2.44 bits per heavy atom. The van der Waals surface area contributed by atoms with Gasteiger partial charge < -0.3 is 9.47 Å². The average Bonchev–Trinajstić information content (AvgIpc) is 2.28. The van der Waals surface area contributed by atoms with E-state index in [9.17, 15) is 4.79 Å². The lowest BCUT2D eigenvalue weighted by Crippen LogP contribution is -2.30. The van der Waals surface area contributed by atoms with Gasteiger partial charge in [-0.05, 0) is 31.5 Å². The third-order valence-electron chi connectivity index (χ3n) is 2.57. The van der Waals surface area contributed by atoms with Gasteiger partial charge in [0, 0.05) is 0 Å². The van der Waals surface area contributed by atoms with E-state index in [-0.39, 0.29) is 5.97 Å². The number of carbonyl (C=O) groups is 1. The molecule has 0 aliphatic carbocycles. The zero-order chi connectivity index (χ0) is 12.3. The first-order valence-electron chi connectivity index (χ1n) is 4.86. The Balaban J connectivity index is 3.18. The molecule has 0 aromatic heterocycles. The summed E-state index contributed by atoms with van der Waals surface area (Å²) in [7, 11) is 2.91. The molecule has 0 N–H and O–H groups in total. The Morgan fingerprint density at radius 1 is 1.31 bits per heavy atom. The van der Waals surface area contributed by atoms with Gasteiger partial charge in [0.25, 0.3) is 0 Å². The van der Waals surface area contributed by atoms with Crippen molar-refractivity contribution in [2.24, 2.45) is 0 Å². The molecule has 16 heavy (non-hydrogen) atoms. The summed E-state index contributed by atoms with van der Waals surface area (Å²) in [6.45, 7) is 3.59. The van der Waals surface area contributed by atoms with E-state index in [1.54, 1.807) is 32.0 Å². The first-order valence-corrected chi connectivity index (χ1v) is 5.23. The second kappa shape index (κ2) is 4.74. The fraction of sp³-hybridized carbons (Fsp3) is 0.417. The van der Waals surface area contributed by atoms with E-state index in [0.717, 1.165) is 5.56 Å². The number of esters is 1. The van der Waals surface area contributed by atoms with Crippen molar-refractivity contribution in [3.05, 3.63) is 28.8 Å². The van der Waals surface area contributed by atoms with E-state index in [1.165, 1.54) is 14.2 Å². The van der Waals surface area contributed by atoms with Crippen LogP contribution in [0.1, 0.15) is 19.4 Å². The predicted molar refractivity (Wildman–Crippen MR) is 63.0 cm³/mol. The van der Waals surface area contributed by atoms with Crippen LogP contribution < -0.4 is 4.74 Å². The lowest BCUT2D eigenvalue weighted by molar-refractivity contribution is -0.146. The molecule has 0 aliphatic heterocycles. The SMILES string of the molecule is COC(=O)C(C)(C)c1ccc(Cl)c(OC)c1. The monoisotopic (exact) mass is 242 g/mol. The molecule has 4 heteroatoms. The molecule has 88 valence electrons. The topological polar surface area (TPSA) is 35.5 Å². The van der Waals surface area contributed by atoms with Gasteiger partial charge in [0.05, 0.1) is 24.7 Å². The molecular formula is C12H15ClO3. The smallest absolute Gasteiger partial charge is 0.315 e. The normalized spacial score (nSPS) is 11.1. The van der Waals surface area contributed by atoms with Crippen LogP contribution in [-0.2, 0) is 14.9 Å². The summed E-state index contributed by atoms with van der Waals surface area (Å²) in [5, 5.41) is 0.520. The summed E-state index contributed by atoms with van der Waals surface area (Å²) < 4.78 is 9.87. The molecule has 0 heterocycles. The van der Waals surface area contributed by atoms with Crippen LogP contribution in [-0.4, -0.2) is 20.2 Å². The van der Waals surface area contributed by atoms with Crippen LogP contribution in [0.3, 0.4) is 0 Å². The van der Waals surface area contributed by atoms with E-state index in [2.05, 4.69) is 0 Å². The summed E-state index contributed by atoms with van der Waals surface area (Å²) >= 11 is 5.92. The summed E-state index contributed by atoms with van der Waals surface area (Å²) in [6, 6.07) is 5.25. The lowest BCUT2D eigenvalue weighted by Gasteiger charge is -2.22. The molecule has 0 fully saturated rings. The van der Waals surface area contributed by atoms with Gasteiger partial charge in [-0.15, -0.1) is 0 Å². The molecule has 0 saturated heterocycles. The maximum atomic E-state index is 11.6. The fourth-order valence-corrected chi connectivity index (χ4v) is 1.62. The number of hydrogen-bond donors (Lipinski definition) is 0. The van der Waals surface area contributed by atoms with Crippen LogP contribution in [0.25, 0.3) is 0 Å². The molecule has 1 aromatic rings. The maximum absolute atomic E-state index is 11.6. The third-order valence-corrected chi connectivity index (χ3v) is 2.88. The highest BCUT2D eigenvalue weighted by atomic mass is 35.5. The molecule has 0 unspecified atom stereocenters. The van der Waals surface area contributed by atoms with Gasteiger partial charge in [0.2, 0.25) is 0 Å². The average molecular weight is 243 g/mol. The number of carbonyl (C=O) groups excluding carboxylic acids is 1. The van der Waals surface area contributed by atoms with Crippen molar-refractivity contribution in [3.63, 3.8) is 0 Å². The number of ether oxygens (including phenoxy) is 2. The van der Waals surface area contributed by atoms with Crippen molar-refractivity contribution >= 4 is 17.6 Å². The summed E-state index contributed by atoms with van der Waals surface area (Å²) in [5.41, 5.74) is 0.0905. The molecule has 1 aromatic carbocycles. The highest BCUT2D eigenvalue weighted by molar-refractivity contribution is 6.32. The zero-order valence-electron chi connectivity index (χ0n) is 9.83. The minimum atomic E-state index is -0.716. The lowest BCUT2D eigenvalue weighted by atomic mass is 9.85. The second-order valence-corrected chi connectivity index (χ2v) is 4.37. The van der Waals surface area contributed by atoms with Gasteiger partial charge in [0.1, 0.15) is 5.75 Å². The van der Waals surface area contributed by atoms with Gasteiger partial charge >= 0.3 is 5.97 Å². The molecular weight excluding hydrogens is 228 g/mol. The quantitative estimate of drug-likeness (QED) is 0.765. The number of hydrogen-bond acceptors (Lipinski definition) is 3. The Hall–Kier alpha value is -1.22. The third kappa shape index (κ3) is 2.30. The predicted octanol–water partition coefficient (Wildman–Crippen LogP) is 2.80. The highest BCUT2D eigenvalue weighted by Gasteiger charge is 2.31. The van der Waals surface area contributed by atoms with Gasteiger partial charge in [-0.2, -0.15) is 0 Å². The molecule has 0 bridgehead atoms. The van der Waals surface area contributed by atoms with Gasteiger partial charge in [0.15, 0.2) is 0 Å². The first kappa shape index (κ1) is 12.8. The maximum Gasteiger partial charge on any atom is 0.315 e. The molecule has 0 spiro atoms. The van der Waals surface area contributed by atoms with Crippen LogP contribution >= 0.6 is 11.6 Å². The van der Waals surface area contributed by atoms with Crippen LogP contribution in [0, 0.1) is 0 Å². The van der Waals surface area contributed by atoms with E-state index in [0.29, 0.717) is 10.8 Å². The van der Waals surface area contributed by atoms with Gasteiger partial charge in [-0.1, -0.05) is 17.7 Å². The molecule has 0 aliphatic rings. The van der Waals surface area contributed by atoms with Crippen LogP contribution in [0.4, 0.5) is 0 Å². The summed E-state index contributed by atoms with van der Waals surface area (Å²) in [5.74, 6) is 0.257. The van der Waals surface area contributed by atoms with E-state index >= 15 is 0 Å². The highest BCUT2D eigenvalue weighted by Crippen LogP contribution is 2.32. The minimum absolute atomic E-state index is 0.295. The largest absolute Gasteiger partial charge is 0.495 e. The van der Waals surface area contributed by atoms with Crippen molar-refractivity contribution in [1.29, 1.82) is 0 Å². The Kier molecular flexibility index (Phi) is 3.81. The first-order chi connectivity index (χ1) is 7.43. The van der Waals surface area contributed by atoms with Crippen molar-refractivity contribution in [2.45, 2.75) is 19.3 Å². The van der Waals surface area contributed by atoms with Gasteiger partial charge in [-0.3, -0.25) is 4.79 Å². The molecule has 0 saturated carbocycles. The standard InChI is InChI=1S/C12H15ClO3/c1-12(2,11(14)16-4)8-5-6-9(13)10(7-8)15-3/h5-7H,1-4H3. The van der Waals surface area contributed by atoms with Crippen LogP contribution in [0.2, 0.25) is 5.02 Å². The zero-order valence-corrected chi connectivity index (χ0v) is 10.6. The second-order valence-electron chi connectivity index (χ2n) is 3.97. The minimum Gasteiger partial charge on any atom is -0.495 e. The number of methoxy groups -OCH3 is 2. The van der Waals surface area contributed by atoms with Crippen LogP contribution in [0.15, 0.2) is 18.2 Å². The van der Waals surface area contributed by atoms with Crippen molar-refractivity contribution in [3.8, 4) is 5.75 Å². The van der Waals surface area contributed by atoms with E-state index < -0.39 is 5.41 Å². The van der Waals surface area contributed by atoms with Gasteiger partial charge in [-0.25, -0.2) is 0 Å². The number of benzene rings is 1. The Bertz CT molecular complexity index is 399. The van der Waals surface area contributed by atoms with Crippen molar-refractivity contribution in [2.75, 3.05) is 14.2 Å². The summed E-state index contributed by atoms with van der Waals surface area (Å²) in [6.07, 6.45) is 0. The molecule has 3 nitrogen and oxygen atoms in total. The Labute approximate surface area is 100 Å². The summed E-state index contributed by atoms with van der Waals surface area (Å²) in [4.78, 5) is 11.6. The molecule has 0 amide bonds. The fourth-order valence-electron chi connectivity index (χ4n) is 1.42. The Morgan fingerprint density at radius 2 is 1.94 bits per heavy atom. The van der Waals surface area contributed by atoms with Crippen molar-refractivity contribution < 1.29 is 14.3 Å². The molecule has 1 rings (SSSR count). The van der Waals surface area contributed by atoms with Crippen LogP contribution in [0.5, 0.6) is 5.75 Å². The molecule has 0 radical (unpaired) electrons. The van der Waals surface area contributed by atoms with E-state index in [4.69, 9.17) is 21.1 Å². The van der Waals surface area contributed by atoms with E-state index in [1.807, 2.05) is 0 Å². The van der Waals surface area contributed by atoms with Crippen molar-refractivity contribution in [1.82, 2.24) is 0 Å². The molecule has 0 atom stereocenters.